The van der Waals surface area contributed by atoms with Gasteiger partial charge < -0.3 is 10.1 Å². The van der Waals surface area contributed by atoms with E-state index in [2.05, 4.69) is 39.9 Å². The van der Waals surface area contributed by atoms with Gasteiger partial charge in [-0.2, -0.15) is 0 Å². The normalized spacial score (nSPS) is 16.1. The first-order chi connectivity index (χ1) is 7.39. The SMILES string of the molecule is CCCNC(CCC(C)(C)C)CC(C)OC. The smallest absolute Gasteiger partial charge is 0.0558 e. The molecule has 0 rings (SSSR count). The van der Waals surface area contributed by atoms with Crippen LogP contribution in [0.25, 0.3) is 0 Å². The van der Waals surface area contributed by atoms with Gasteiger partial charge in [-0.1, -0.05) is 27.7 Å². The van der Waals surface area contributed by atoms with E-state index in [0.29, 0.717) is 17.6 Å². The summed E-state index contributed by atoms with van der Waals surface area (Å²) in [5.41, 5.74) is 0.433. The topological polar surface area (TPSA) is 21.3 Å². The minimum Gasteiger partial charge on any atom is -0.382 e. The summed E-state index contributed by atoms with van der Waals surface area (Å²) in [6, 6.07) is 0.606. The Morgan fingerprint density at radius 2 is 1.88 bits per heavy atom. The molecule has 0 saturated heterocycles. The molecule has 2 atom stereocenters. The van der Waals surface area contributed by atoms with Gasteiger partial charge in [-0.05, 0) is 44.6 Å². The number of ether oxygens (including phenoxy) is 1. The fourth-order valence-corrected chi connectivity index (χ4v) is 1.76. The van der Waals surface area contributed by atoms with Crippen LogP contribution in [0.2, 0.25) is 0 Å². The zero-order valence-corrected chi connectivity index (χ0v) is 12.1. The summed E-state index contributed by atoms with van der Waals surface area (Å²) in [7, 11) is 1.80. The Labute approximate surface area is 102 Å². The highest BCUT2D eigenvalue weighted by atomic mass is 16.5. The molecule has 0 heterocycles. The second-order valence-corrected chi connectivity index (χ2v) is 6.03. The predicted molar refractivity (Wildman–Crippen MR) is 71.9 cm³/mol. The molecule has 98 valence electrons. The van der Waals surface area contributed by atoms with Crippen LogP contribution in [0.3, 0.4) is 0 Å². The van der Waals surface area contributed by atoms with Gasteiger partial charge in [0.2, 0.25) is 0 Å². The van der Waals surface area contributed by atoms with Gasteiger partial charge in [-0.25, -0.2) is 0 Å². The van der Waals surface area contributed by atoms with Crippen LogP contribution in [0.15, 0.2) is 0 Å². The molecule has 16 heavy (non-hydrogen) atoms. The Morgan fingerprint density at radius 1 is 1.25 bits per heavy atom. The van der Waals surface area contributed by atoms with Crippen molar-refractivity contribution >= 4 is 0 Å². The number of methoxy groups -OCH3 is 1. The highest BCUT2D eigenvalue weighted by molar-refractivity contribution is 4.73. The molecule has 0 aromatic rings. The first-order valence-electron chi connectivity index (χ1n) is 6.65. The molecule has 2 heteroatoms. The molecule has 0 aliphatic heterocycles. The first-order valence-corrected chi connectivity index (χ1v) is 6.65. The highest BCUT2D eigenvalue weighted by Gasteiger charge is 2.16. The molecule has 0 fully saturated rings. The standard InChI is InChI=1S/C14H31NO/c1-7-10-15-13(11-12(2)16-6)8-9-14(3,4)5/h12-13,15H,7-11H2,1-6H3. The summed E-state index contributed by atoms with van der Waals surface area (Å²) in [6.07, 6.45) is 5.19. The van der Waals surface area contributed by atoms with E-state index in [0.717, 1.165) is 13.0 Å². The molecule has 1 N–H and O–H groups in total. The van der Waals surface area contributed by atoms with Crippen LogP contribution in [0.1, 0.15) is 60.3 Å². The molecule has 2 nitrogen and oxygen atoms in total. The largest absolute Gasteiger partial charge is 0.382 e. The summed E-state index contributed by atoms with van der Waals surface area (Å²) in [5, 5.41) is 3.63. The van der Waals surface area contributed by atoms with E-state index >= 15 is 0 Å². The Kier molecular flexibility index (Phi) is 8.04. The lowest BCUT2D eigenvalue weighted by molar-refractivity contribution is 0.0975. The average molecular weight is 229 g/mol. The summed E-state index contributed by atoms with van der Waals surface area (Å²) >= 11 is 0. The van der Waals surface area contributed by atoms with Gasteiger partial charge in [0.1, 0.15) is 0 Å². The molecule has 2 unspecified atom stereocenters. The van der Waals surface area contributed by atoms with Gasteiger partial charge in [0, 0.05) is 13.2 Å². The van der Waals surface area contributed by atoms with Crippen LogP contribution in [-0.2, 0) is 4.74 Å². The van der Waals surface area contributed by atoms with E-state index in [4.69, 9.17) is 4.74 Å². The van der Waals surface area contributed by atoms with Gasteiger partial charge in [-0.3, -0.25) is 0 Å². The van der Waals surface area contributed by atoms with Crippen LogP contribution in [0.5, 0.6) is 0 Å². The van der Waals surface area contributed by atoms with E-state index in [9.17, 15) is 0 Å². The van der Waals surface area contributed by atoms with Crippen molar-refractivity contribution in [3.63, 3.8) is 0 Å². The molecule has 0 amide bonds. The zero-order chi connectivity index (χ0) is 12.6. The quantitative estimate of drug-likeness (QED) is 0.686. The number of rotatable bonds is 8. The number of hydrogen-bond donors (Lipinski definition) is 1. The monoisotopic (exact) mass is 229 g/mol. The highest BCUT2D eigenvalue weighted by Crippen LogP contribution is 2.23. The second-order valence-electron chi connectivity index (χ2n) is 6.03. The molecular weight excluding hydrogens is 198 g/mol. The lowest BCUT2D eigenvalue weighted by Gasteiger charge is -2.25. The van der Waals surface area contributed by atoms with Crippen molar-refractivity contribution < 1.29 is 4.74 Å². The maximum absolute atomic E-state index is 5.35. The maximum Gasteiger partial charge on any atom is 0.0558 e. The summed E-state index contributed by atoms with van der Waals surface area (Å²) in [5.74, 6) is 0. The van der Waals surface area contributed by atoms with E-state index in [1.807, 2.05) is 0 Å². The Balaban J connectivity index is 3.99. The van der Waals surface area contributed by atoms with Crippen LogP contribution >= 0.6 is 0 Å². The fourth-order valence-electron chi connectivity index (χ4n) is 1.76. The van der Waals surface area contributed by atoms with Crippen LogP contribution in [0, 0.1) is 5.41 Å². The number of hydrogen-bond acceptors (Lipinski definition) is 2. The summed E-state index contributed by atoms with van der Waals surface area (Å²) < 4.78 is 5.35. The van der Waals surface area contributed by atoms with Crippen molar-refractivity contribution in [2.24, 2.45) is 5.41 Å². The lowest BCUT2D eigenvalue weighted by Crippen LogP contribution is -2.34. The Morgan fingerprint density at radius 3 is 2.31 bits per heavy atom. The molecule has 0 saturated carbocycles. The van der Waals surface area contributed by atoms with Gasteiger partial charge >= 0.3 is 0 Å². The Hall–Kier alpha value is -0.0800. The molecule has 0 bridgehead atoms. The Bertz CT molecular complexity index is 163. The fraction of sp³-hybridized carbons (Fsp3) is 1.00. The third-order valence-corrected chi connectivity index (χ3v) is 2.94. The van der Waals surface area contributed by atoms with Gasteiger partial charge in [-0.15, -0.1) is 0 Å². The third-order valence-electron chi connectivity index (χ3n) is 2.94. The molecule has 0 aliphatic carbocycles. The van der Waals surface area contributed by atoms with Crippen molar-refractivity contribution in [1.82, 2.24) is 5.32 Å². The van der Waals surface area contributed by atoms with Crippen LogP contribution in [0.4, 0.5) is 0 Å². The van der Waals surface area contributed by atoms with Crippen molar-refractivity contribution in [2.75, 3.05) is 13.7 Å². The molecule has 0 aromatic heterocycles. The lowest BCUT2D eigenvalue weighted by atomic mass is 9.87. The first kappa shape index (κ1) is 15.9. The van der Waals surface area contributed by atoms with Gasteiger partial charge in [0.15, 0.2) is 0 Å². The van der Waals surface area contributed by atoms with E-state index in [1.54, 1.807) is 7.11 Å². The van der Waals surface area contributed by atoms with Gasteiger partial charge in [0.05, 0.1) is 6.10 Å². The number of nitrogens with one attached hydrogen (secondary N) is 1. The molecule has 0 aliphatic rings. The second kappa shape index (κ2) is 8.08. The molecule has 0 aromatic carbocycles. The summed E-state index contributed by atoms with van der Waals surface area (Å²) in [6.45, 7) is 12.4. The minimum absolute atomic E-state index is 0.356. The molecular formula is C14H31NO. The molecule has 0 radical (unpaired) electrons. The van der Waals surface area contributed by atoms with Crippen LogP contribution < -0.4 is 5.32 Å². The van der Waals surface area contributed by atoms with E-state index in [1.165, 1.54) is 19.3 Å². The average Bonchev–Trinajstić information content (AvgIpc) is 2.20. The van der Waals surface area contributed by atoms with Crippen LogP contribution in [-0.4, -0.2) is 25.8 Å². The van der Waals surface area contributed by atoms with Crippen molar-refractivity contribution in [2.45, 2.75) is 72.4 Å². The maximum atomic E-state index is 5.35. The molecule has 0 spiro atoms. The van der Waals surface area contributed by atoms with E-state index in [-0.39, 0.29) is 0 Å². The van der Waals surface area contributed by atoms with Gasteiger partial charge in [0.25, 0.3) is 0 Å². The predicted octanol–water partition coefficient (Wildman–Crippen LogP) is 3.61. The van der Waals surface area contributed by atoms with Crippen molar-refractivity contribution in [3.8, 4) is 0 Å². The minimum atomic E-state index is 0.356. The third kappa shape index (κ3) is 9.17. The summed E-state index contributed by atoms with van der Waals surface area (Å²) in [4.78, 5) is 0. The van der Waals surface area contributed by atoms with E-state index < -0.39 is 0 Å². The van der Waals surface area contributed by atoms with Crippen molar-refractivity contribution in [1.29, 1.82) is 0 Å². The van der Waals surface area contributed by atoms with Crippen molar-refractivity contribution in [3.05, 3.63) is 0 Å². The zero-order valence-electron chi connectivity index (χ0n) is 12.1.